The van der Waals surface area contributed by atoms with Gasteiger partial charge in [-0.2, -0.15) is 11.8 Å². The van der Waals surface area contributed by atoms with Crippen molar-refractivity contribution < 1.29 is 4.79 Å². The molecule has 0 N–H and O–H groups in total. The Labute approximate surface area is 150 Å². The number of nitrogens with zero attached hydrogens (tertiary/aromatic N) is 1. The van der Waals surface area contributed by atoms with Crippen LogP contribution in [-0.2, 0) is 4.79 Å². The van der Waals surface area contributed by atoms with Crippen LogP contribution in [0, 0.1) is 0 Å². The molecule has 1 fully saturated rings. The van der Waals surface area contributed by atoms with Crippen molar-refractivity contribution in [2.75, 3.05) is 18.6 Å². The van der Waals surface area contributed by atoms with Gasteiger partial charge in [0.2, 0.25) is 0 Å². The van der Waals surface area contributed by atoms with Crippen molar-refractivity contribution in [1.29, 1.82) is 0 Å². The summed E-state index contributed by atoms with van der Waals surface area (Å²) >= 11 is 8.55. The number of thioether (sulfide) groups is 2. The van der Waals surface area contributed by atoms with E-state index < -0.39 is 0 Å². The predicted octanol–water partition coefficient (Wildman–Crippen LogP) is 4.79. The number of hydrogen-bond donors (Lipinski definition) is 0. The van der Waals surface area contributed by atoms with Crippen molar-refractivity contribution in [2.24, 2.45) is 0 Å². The second kappa shape index (κ2) is 7.51. The standard InChI is InChI=1S/C18H17NOS3/c1-22-10-4-9-19-17(20)16(23-18(19)21)12-13-7-8-14-5-2-3-6-15(14)11-13/h2-3,5-8,11-12H,4,9-10H2,1H3/b16-12+. The first-order valence-electron chi connectivity index (χ1n) is 7.42. The summed E-state index contributed by atoms with van der Waals surface area (Å²) < 4.78 is 0.670. The van der Waals surface area contributed by atoms with Crippen LogP contribution in [0.5, 0.6) is 0 Å². The highest BCUT2D eigenvalue weighted by atomic mass is 32.2. The van der Waals surface area contributed by atoms with Crippen LogP contribution in [0.2, 0.25) is 0 Å². The number of rotatable bonds is 5. The zero-order valence-electron chi connectivity index (χ0n) is 12.8. The van der Waals surface area contributed by atoms with Gasteiger partial charge >= 0.3 is 0 Å². The Morgan fingerprint density at radius 2 is 2.00 bits per heavy atom. The van der Waals surface area contributed by atoms with Crippen LogP contribution in [-0.4, -0.2) is 33.7 Å². The van der Waals surface area contributed by atoms with Gasteiger partial charge in [0.15, 0.2) is 0 Å². The zero-order valence-corrected chi connectivity index (χ0v) is 15.3. The van der Waals surface area contributed by atoms with Gasteiger partial charge in [0.05, 0.1) is 4.91 Å². The van der Waals surface area contributed by atoms with E-state index in [1.54, 1.807) is 16.7 Å². The van der Waals surface area contributed by atoms with Crippen molar-refractivity contribution in [3.8, 4) is 0 Å². The smallest absolute Gasteiger partial charge is 0.266 e. The lowest BCUT2D eigenvalue weighted by Gasteiger charge is -2.13. The van der Waals surface area contributed by atoms with Crippen molar-refractivity contribution in [3.05, 3.63) is 52.9 Å². The third-order valence-electron chi connectivity index (χ3n) is 3.68. The fourth-order valence-corrected chi connectivity index (χ4v) is 4.24. The minimum atomic E-state index is 0.0364. The Bertz CT molecular complexity index is 785. The highest BCUT2D eigenvalue weighted by Crippen LogP contribution is 2.33. The Morgan fingerprint density at radius 1 is 1.22 bits per heavy atom. The molecule has 1 aliphatic heterocycles. The SMILES string of the molecule is CSCCCN1C(=O)/C(=C\c2ccc3ccccc3c2)SC1=S. The van der Waals surface area contributed by atoms with Gasteiger partial charge in [-0.05, 0) is 46.9 Å². The second-order valence-electron chi connectivity index (χ2n) is 5.29. The summed E-state index contributed by atoms with van der Waals surface area (Å²) in [4.78, 5) is 15.0. The first-order chi connectivity index (χ1) is 11.2. The van der Waals surface area contributed by atoms with E-state index >= 15 is 0 Å². The van der Waals surface area contributed by atoms with E-state index in [2.05, 4.69) is 30.5 Å². The number of thiocarbonyl (C=S) groups is 1. The molecule has 1 aliphatic rings. The molecule has 0 aliphatic carbocycles. The lowest BCUT2D eigenvalue weighted by molar-refractivity contribution is -0.122. The van der Waals surface area contributed by atoms with E-state index in [1.807, 2.05) is 24.3 Å². The molecule has 0 unspecified atom stereocenters. The molecule has 2 aromatic rings. The topological polar surface area (TPSA) is 20.3 Å². The molecule has 2 aromatic carbocycles. The average molecular weight is 360 g/mol. The third kappa shape index (κ3) is 3.79. The van der Waals surface area contributed by atoms with Crippen LogP contribution >= 0.6 is 35.7 Å². The molecule has 3 rings (SSSR count). The molecule has 0 saturated carbocycles. The van der Waals surface area contributed by atoms with E-state index in [4.69, 9.17) is 12.2 Å². The molecule has 0 spiro atoms. The molecular formula is C18H17NOS3. The largest absolute Gasteiger partial charge is 0.293 e. The fraction of sp³-hybridized carbons (Fsp3) is 0.222. The van der Waals surface area contributed by atoms with E-state index in [9.17, 15) is 4.79 Å². The first kappa shape index (κ1) is 16.6. The normalized spacial score (nSPS) is 16.7. The number of benzene rings is 2. The Kier molecular flexibility index (Phi) is 5.41. The monoisotopic (exact) mass is 359 g/mol. The van der Waals surface area contributed by atoms with Gasteiger partial charge in [0, 0.05) is 6.54 Å². The highest BCUT2D eigenvalue weighted by Gasteiger charge is 2.31. The van der Waals surface area contributed by atoms with Crippen LogP contribution in [0.1, 0.15) is 12.0 Å². The lowest BCUT2D eigenvalue weighted by Crippen LogP contribution is -2.29. The molecule has 0 aromatic heterocycles. The van der Waals surface area contributed by atoms with Crippen molar-refractivity contribution in [1.82, 2.24) is 4.90 Å². The molecule has 1 heterocycles. The summed E-state index contributed by atoms with van der Waals surface area (Å²) in [6.07, 6.45) is 4.99. The van der Waals surface area contributed by atoms with Gasteiger partial charge in [-0.25, -0.2) is 0 Å². The van der Waals surface area contributed by atoms with Gasteiger partial charge in [-0.1, -0.05) is 60.4 Å². The molecule has 118 valence electrons. The number of carbonyl (C=O) groups excluding carboxylic acids is 1. The van der Waals surface area contributed by atoms with Crippen molar-refractivity contribution in [2.45, 2.75) is 6.42 Å². The number of hydrogen-bond acceptors (Lipinski definition) is 4. The fourth-order valence-electron chi connectivity index (χ4n) is 2.51. The maximum Gasteiger partial charge on any atom is 0.266 e. The average Bonchev–Trinajstić information content (AvgIpc) is 2.82. The molecule has 0 atom stereocenters. The number of amides is 1. The van der Waals surface area contributed by atoms with Crippen molar-refractivity contribution in [3.63, 3.8) is 0 Å². The summed E-state index contributed by atoms with van der Waals surface area (Å²) in [5.74, 6) is 1.08. The van der Waals surface area contributed by atoms with Gasteiger partial charge in [-0.3, -0.25) is 9.69 Å². The quantitative estimate of drug-likeness (QED) is 0.434. The lowest BCUT2D eigenvalue weighted by atomic mass is 10.1. The number of carbonyl (C=O) groups is 1. The highest BCUT2D eigenvalue weighted by molar-refractivity contribution is 8.26. The van der Waals surface area contributed by atoms with Crippen LogP contribution in [0.25, 0.3) is 16.8 Å². The van der Waals surface area contributed by atoms with Crippen LogP contribution in [0.3, 0.4) is 0 Å². The Balaban J connectivity index is 1.81. The minimum Gasteiger partial charge on any atom is -0.293 e. The third-order valence-corrected chi connectivity index (χ3v) is 5.75. The van der Waals surface area contributed by atoms with E-state index in [1.165, 1.54) is 22.5 Å². The predicted molar refractivity (Wildman–Crippen MR) is 107 cm³/mol. The van der Waals surface area contributed by atoms with Gasteiger partial charge in [0.1, 0.15) is 4.32 Å². The zero-order chi connectivity index (χ0) is 16.2. The second-order valence-corrected chi connectivity index (χ2v) is 7.95. The van der Waals surface area contributed by atoms with E-state index in [0.717, 1.165) is 22.6 Å². The van der Waals surface area contributed by atoms with Gasteiger partial charge in [-0.15, -0.1) is 0 Å². The molecule has 0 radical (unpaired) electrons. The summed E-state index contributed by atoms with van der Waals surface area (Å²) in [6, 6.07) is 14.5. The molecular weight excluding hydrogens is 342 g/mol. The maximum absolute atomic E-state index is 12.5. The van der Waals surface area contributed by atoms with Crippen LogP contribution in [0.15, 0.2) is 47.4 Å². The van der Waals surface area contributed by atoms with E-state index in [-0.39, 0.29) is 5.91 Å². The van der Waals surface area contributed by atoms with Crippen molar-refractivity contribution >= 4 is 62.8 Å². The minimum absolute atomic E-state index is 0.0364. The van der Waals surface area contributed by atoms with Gasteiger partial charge in [0.25, 0.3) is 5.91 Å². The molecule has 1 saturated heterocycles. The van der Waals surface area contributed by atoms with Crippen LogP contribution < -0.4 is 0 Å². The summed E-state index contributed by atoms with van der Waals surface area (Å²) in [5.41, 5.74) is 1.04. The summed E-state index contributed by atoms with van der Waals surface area (Å²) in [6.45, 7) is 0.709. The molecule has 23 heavy (non-hydrogen) atoms. The summed E-state index contributed by atoms with van der Waals surface area (Å²) in [7, 11) is 0. The van der Waals surface area contributed by atoms with E-state index in [0.29, 0.717) is 10.9 Å². The first-order valence-corrected chi connectivity index (χ1v) is 10.0. The molecule has 2 nitrogen and oxygen atoms in total. The molecule has 1 amide bonds. The Morgan fingerprint density at radius 3 is 2.78 bits per heavy atom. The maximum atomic E-state index is 12.5. The molecule has 0 bridgehead atoms. The number of fused-ring (bicyclic) bond motifs is 1. The summed E-state index contributed by atoms with van der Waals surface area (Å²) in [5, 5.41) is 2.38. The van der Waals surface area contributed by atoms with Crippen LogP contribution in [0.4, 0.5) is 0 Å². The molecule has 5 heteroatoms. The Hall–Kier alpha value is -1.30. The van der Waals surface area contributed by atoms with Gasteiger partial charge < -0.3 is 0 Å².